The molecule has 5 aliphatic rings. The lowest BCUT2D eigenvalue weighted by Gasteiger charge is -2.52. The number of piperazine rings is 1. The molecular formula is C57H60N6O2. The summed E-state index contributed by atoms with van der Waals surface area (Å²) in [5.74, 6) is 1.89. The van der Waals surface area contributed by atoms with Gasteiger partial charge in [-0.3, -0.25) is 9.80 Å². The summed E-state index contributed by atoms with van der Waals surface area (Å²) >= 11 is 0. The van der Waals surface area contributed by atoms with Gasteiger partial charge in [0.1, 0.15) is 24.8 Å². The van der Waals surface area contributed by atoms with Crippen LogP contribution in [0.25, 0.3) is 0 Å². The van der Waals surface area contributed by atoms with Crippen LogP contribution in [0.3, 0.4) is 0 Å². The second-order valence-electron chi connectivity index (χ2n) is 19.3. The van der Waals surface area contributed by atoms with Crippen molar-refractivity contribution in [2.75, 3.05) is 44.2 Å². The molecule has 3 saturated heterocycles. The van der Waals surface area contributed by atoms with E-state index in [9.17, 15) is 5.26 Å². The molecule has 3 aliphatic heterocycles. The van der Waals surface area contributed by atoms with Crippen molar-refractivity contribution in [3.63, 3.8) is 0 Å². The molecule has 3 fully saturated rings. The monoisotopic (exact) mass is 860 g/mol. The van der Waals surface area contributed by atoms with Gasteiger partial charge in [-0.1, -0.05) is 127 Å². The third-order valence-corrected chi connectivity index (χ3v) is 15.8. The van der Waals surface area contributed by atoms with E-state index in [2.05, 4.69) is 154 Å². The molecule has 1 unspecified atom stereocenters. The Kier molecular flexibility index (Phi) is 11.4. The van der Waals surface area contributed by atoms with Crippen LogP contribution in [0.5, 0.6) is 11.8 Å². The van der Waals surface area contributed by atoms with E-state index >= 15 is 0 Å². The molecule has 65 heavy (non-hydrogen) atoms. The highest BCUT2D eigenvalue weighted by Crippen LogP contribution is 2.50. The zero-order chi connectivity index (χ0) is 43.7. The first-order valence-corrected chi connectivity index (χ1v) is 24.2. The Morgan fingerprint density at radius 3 is 2.00 bits per heavy atom. The van der Waals surface area contributed by atoms with Crippen LogP contribution in [0, 0.1) is 11.3 Å². The summed E-state index contributed by atoms with van der Waals surface area (Å²) in [4.78, 5) is 18.6. The molecule has 6 aromatic rings. The van der Waals surface area contributed by atoms with Gasteiger partial charge >= 0.3 is 6.01 Å². The average Bonchev–Trinajstić information content (AvgIpc) is 3.96. The number of aromatic nitrogens is 2. The second-order valence-corrected chi connectivity index (χ2v) is 19.3. The Bertz CT molecular complexity index is 2530. The van der Waals surface area contributed by atoms with E-state index in [0.29, 0.717) is 32.2 Å². The van der Waals surface area contributed by atoms with Crippen LogP contribution in [-0.2, 0) is 36.8 Å². The van der Waals surface area contributed by atoms with E-state index < -0.39 is 5.54 Å². The van der Waals surface area contributed by atoms with Crippen molar-refractivity contribution in [1.29, 1.82) is 5.26 Å². The zero-order valence-electron chi connectivity index (χ0n) is 37.6. The Hall–Kier alpha value is -6.01. The van der Waals surface area contributed by atoms with Crippen LogP contribution in [0.15, 0.2) is 140 Å². The van der Waals surface area contributed by atoms with Crippen LogP contribution >= 0.6 is 0 Å². The van der Waals surface area contributed by atoms with Crippen LogP contribution in [0.1, 0.15) is 96.0 Å². The molecule has 2 aliphatic carbocycles. The van der Waals surface area contributed by atoms with Crippen molar-refractivity contribution in [1.82, 2.24) is 19.8 Å². The minimum absolute atomic E-state index is 0.0482. The molecule has 0 amide bonds. The number of aryl methyl sites for hydroxylation is 1. The summed E-state index contributed by atoms with van der Waals surface area (Å²) in [6.07, 6.45) is 11.2. The summed E-state index contributed by atoms with van der Waals surface area (Å²) in [6.45, 7) is 5.64. The molecule has 330 valence electrons. The van der Waals surface area contributed by atoms with E-state index in [0.717, 1.165) is 94.8 Å². The molecule has 0 radical (unpaired) electrons. The molecule has 5 aromatic carbocycles. The Labute approximate surface area is 384 Å². The predicted molar refractivity (Wildman–Crippen MR) is 256 cm³/mol. The molecule has 0 N–H and O–H groups in total. The van der Waals surface area contributed by atoms with Gasteiger partial charge in [-0.2, -0.15) is 15.2 Å². The second kappa shape index (κ2) is 17.8. The molecule has 2 atom stereocenters. The number of rotatable bonds is 12. The van der Waals surface area contributed by atoms with Gasteiger partial charge in [0.05, 0.1) is 35.3 Å². The van der Waals surface area contributed by atoms with Crippen molar-refractivity contribution in [3.05, 3.63) is 184 Å². The Morgan fingerprint density at radius 1 is 0.677 bits per heavy atom. The van der Waals surface area contributed by atoms with Crippen molar-refractivity contribution in [2.24, 2.45) is 0 Å². The standard InChI is InChI=1S/C57H60N6O2/c58-33-28-48-40-62(57(45-19-7-2-8-20-45,46-21-9-3-10-22-46)47-23-11-4-12-24-47)36-37-63(48)53-50-27-32-55(39-52(50)59-54(60-53)65-42-56-30-14-34-61(56)35-15-31-56)29-13-18-44-25-26-49(38-51(44)55)64-41-43-16-5-1-6-17-43/h1-12,16-17,19-26,38,48H,13-15,18,27-32,34-37,39-42H2/t48-,55?/m0/s1. The first-order valence-electron chi connectivity index (χ1n) is 24.2. The number of benzene rings is 5. The van der Waals surface area contributed by atoms with Gasteiger partial charge in [0.25, 0.3) is 0 Å². The van der Waals surface area contributed by atoms with E-state index in [-0.39, 0.29) is 17.0 Å². The van der Waals surface area contributed by atoms with Gasteiger partial charge < -0.3 is 14.4 Å². The number of hydrogen-bond donors (Lipinski definition) is 0. The highest BCUT2D eigenvalue weighted by molar-refractivity contribution is 5.56. The van der Waals surface area contributed by atoms with Crippen molar-refractivity contribution >= 4 is 5.82 Å². The van der Waals surface area contributed by atoms with Gasteiger partial charge in [-0.15, -0.1) is 0 Å². The highest BCUT2D eigenvalue weighted by Gasteiger charge is 2.48. The van der Waals surface area contributed by atoms with Crippen molar-refractivity contribution in [2.45, 2.75) is 99.8 Å². The topological polar surface area (TPSA) is 77.8 Å². The SMILES string of the molecule is N#CC[C@H]1CN(C(c2ccccc2)(c2ccccc2)c2ccccc2)CCN1c1nc(OCC23CCCN2CCC3)nc2c1CCC1(CCCc3ccc(OCc4ccccc4)cc31)C2. The van der Waals surface area contributed by atoms with Crippen molar-refractivity contribution in [3.8, 4) is 17.8 Å². The lowest BCUT2D eigenvalue weighted by Crippen LogP contribution is -2.60. The number of ether oxygens (including phenoxy) is 2. The Balaban J connectivity index is 0.970. The zero-order valence-corrected chi connectivity index (χ0v) is 37.6. The molecule has 1 aromatic heterocycles. The highest BCUT2D eigenvalue weighted by atomic mass is 16.5. The van der Waals surface area contributed by atoms with E-state index in [1.807, 2.05) is 6.07 Å². The number of anilines is 1. The van der Waals surface area contributed by atoms with E-state index in [1.165, 1.54) is 51.8 Å². The lowest BCUT2D eigenvalue weighted by molar-refractivity contribution is 0.106. The molecule has 0 saturated carbocycles. The fourth-order valence-electron chi connectivity index (χ4n) is 12.7. The van der Waals surface area contributed by atoms with Crippen LogP contribution in [0.2, 0.25) is 0 Å². The van der Waals surface area contributed by atoms with Gasteiger partial charge in [-0.25, -0.2) is 0 Å². The largest absolute Gasteiger partial charge is 0.489 e. The number of fused-ring (bicyclic) bond motifs is 4. The first-order chi connectivity index (χ1) is 32.1. The Morgan fingerprint density at radius 2 is 1.34 bits per heavy atom. The lowest BCUT2D eigenvalue weighted by atomic mass is 9.62. The van der Waals surface area contributed by atoms with Gasteiger partial charge in [0, 0.05) is 30.6 Å². The summed E-state index contributed by atoms with van der Waals surface area (Å²) in [5.41, 5.74) is 9.47. The van der Waals surface area contributed by atoms with Crippen LogP contribution in [-0.4, -0.2) is 70.7 Å². The summed E-state index contributed by atoms with van der Waals surface area (Å²) in [7, 11) is 0. The predicted octanol–water partition coefficient (Wildman–Crippen LogP) is 10.2. The fourth-order valence-corrected chi connectivity index (χ4v) is 12.7. The molecule has 1 spiro atoms. The number of nitrogens with zero attached hydrogens (tertiary/aromatic N) is 6. The number of nitriles is 1. The summed E-state index contributed by atoms with van der Waals surface area (Å²) in [5, 5.41) is 10.6. The first kappa shape index (κ1) is 41.7. The third kappa shape index (κ3) is 7.67. The smallest absolute Gasteiger partial charge is 0.318 e. The third-order valence-electron chi connectivity index (χ3n) is 15.8. The molecule has 8 nitrogen and oxygen atoms in total. The van der Waals surface area contributed by atoms with Crippen molar-refractivity contribution < 1.29 is 9.47 Å². The molecule has 11 rings (SSSR count). The maximum Gasteiger partial charge on any atom is 0.318 e. The van der Waals surface area contributed by atoms with E-state index in [4.69, 9.17) is 19.4 Å². The maximum absolute atomic E-state index is 10.6. The molecule has 8 heteroatoms. The summed E-state index contributed by atoms with van der Waals surface area (Å²) in [6, 6.07) is 53.1. The maximum atomic E-state index is 10.6. The average molecular weight is 861 g/mol. The minimum Gasteiger partial charge on any atom is -0.489 e. The van der Waals surface area contributed by atoms with Gasteiger partial charge in [0.2, 0.25) is 0 Å². The minimum atomic E-state index is -0.568. The van der Waals surface area contributed by atoms with Gasteiger partial charge in [-0.05, 0) is 123 Å². The normalized spacial score (nSPS) is 21.6. The van der Waals surface area contributed by atoms with Crippen LogP contribution < -0.4 is 14.4 Å². The van der Waals surface area contributed by atoms with E-state index in [1.54, 1.807) is 0 Å². The summed E-state index contributed by atoms with van der Waals surface area (Å²) < 4.78 is 13.3. The van der Waals surface area contributed by atoms with Crippen LogP contribution in [0.4, 0.5) is 5.82 Å². The van der Waals surface area contributed by atoms with Gasteiger partial charge in [0.15, 0.2) is 0 Å². The molecular weight excluding hydrogens is 801 g/mol. The fraction of sp³-hybridized carbons (Fsp3) is 0.386. The molecule has 4 heterocycles. The number of hydrogen-bond acceptors (Lipinski definition) is 8. The molecule has 0 bridgehead atoms. The quantitative estimate of drug-likeness (QED) is 0.113.